The predicted molar refractivity (Wildman–Crippen MR) is 93.1 cm³/mol. The maximum absolute atomic E-state index is 12.6. The molecule has 0 aromatic heterocycles. The number of nitrogens with one attached hydrogen (secondary N) is 2. The number of carbonyl (C=O) groups is 3. The second-order valence-electron chi connectivity index (χ2n) is 6.92. The molecule has 25 heavy (non-hydrogen) atoms. The Morgan fingerprint density at radius 2 is 1.80 bits per heavy atom. The topological polar surface area (TPSA) is 84.5 Å². The molecule has 1 aromatic carbocycles. The van der Waals surface area contributed by atoms with Gasteiger partial charge in [-0.2, -0.15) is 0 Å². The fourth-order valence-electron chi connectivity index (χ4n) is 3.35. The summed E-state index contributed by atoms with van der Waals surface area (Å²) in [6.07, 6.45) is 6.58. The largest absolute Gasteiger partial charge is 0.465 e. The molecule has 2 amide bonds. The van der Waals surface area contributed by atoms with Crippen molar-refractivity contribution in [1.82, 2.24) is 5.32 Å². The van der Waals surface area contributed by atoms with Gasteiger partial charge in [0.05, 0.1) is 12.7 Å². The van der Waals surface area contributed by atoms with Gasteiger partial charge in [0.25, 0.3) is 0 Å². The summed E-state index contributed by atoms with van der Waals surface area (Å²) in [6, 6.07) is 6.72. The molecule has 6 heteroatoms. The number of esters is 1. The summed E-state index contributed by atoms with van der Waals surface area (Å²) in [5, 5.41) is 5.83. The van der Waals surface area contributed by atoms with Crippen molar-refractivity contribution < 1.29 is 19.1 Å². The van der Waals surface area contributed by atoms with E-state index in [4.69, 9.17) is 0 Å². The number of benzene rings is 1. The number of rotatable bonds is 5. The van der Waals surface area contributed by atoms with Gasteiger partial charge in [0.1, 0.15) is 5.41 Å². The van der Waals surface area contributed by atoms with Gasteiger partial charge >= 0.3 is 5.97 Å². The van der Waals surface area contributed by atoms with Gasteiger partial charge in [-0.05, 0) is 43.9 Å². The van der Waals surface area contributed by atoms with E-state index in [-0.39, 0.29) is 17.9 Å². The van der Waals surface area contributed by atoms with Gasteiger partial charge in [0.2, 0.25) is 11.8 Å². The summed E-state index contributed by atoms with van der Waals surface area (Å²) in [4.78, 5) is 36.8. The highest BCUT2D eigenvalue weighted by Gasteiger charge is 2.56. The molecule has 0 bridgehead atoms. The highest BCUT2D eigenvalue weighted by Crippen LogP contribution is 2.47. The molecule has 2 aliphatic rings. The molecule has 0 unspecified atom stereocenters. The van der Waals surface area contributed by atoms with Gasteiger partial charge in [-0.25, -0.2) is 4.79 Å². The second kappa shape index (κ2) is 7.25. The molecule has 0 spiro atoms. The molecular formula is C19H24N2O4. The van der Waals surface area contributed by atoms with E-state index in [1.54, 1.807) is 24.3 Å². The normalized spacial score (nSPS) is 18.9. The van der Waals surface area contributed by atoms with Crippen LogP contribution in [0, 0.1) is 5.41 Å². The van der Waals surface area contributed by atoms with E-state index in [1.165, 1.54) is 13.5 Å². The molecule has 0 heterocycles. The first-order valence-corrected chi connectivity index (χ1v) is 8.86. The smallest absolute Gasteiger partial charge is 0.337 e. The van der Waals surface area contributed by atoms with Crippen molar-refractivity contribution in [3.8, 4) is 0 Å². The molecule has 0 atom stereocenters. The second-order valence-corrected chi connectivity index (χ2v) is 6.92. The molecule has 2 N–H and O–H groups in total. The highest BCUT2D eigenvalue weighted by atomic mass is 16.5. The van der Waals surface area contributed by atoms with Crippen LogP contribution < -0.4 is 10.6 Å². The quantitative estimate of drug-likeness (QED) is 0.635. The number of amides is 2. The van der Waals surface area contributed by atoms with Crippen molar-refractivity contribution >= 4 is 23.5 Å². The zero-order chi connectivity index (χ0) is 17.9. The number of anilines is 1. The Hall–Kier alpha value is -2.37. The monoisotopic (exact) mass is 344 g/mol. The van der Waals surface area contributed by atoms with Crippen LogP contribution >= 0.6 is 0 Å². The molecule has 6 nitrogen and oxygen atoms in total. The zero-order valence-electron chi connectivity index (χ0n) is 14.5. The van der Waals surface area contributed by atoms with E-state index in [0.29, 0.717) is 24.1 Å². The maximum Gasteiger partial charge on any atom is 0.337 e. The minimum absolute atomic E-state index is 0.166. The maximum atomic E-state index is 12.6. The van der Waals surface area contributed by atoms with E-state index < -0.39 is 11.4 Å². The van der Waals surface area contributed by atoms with E-state index >= 15 is 0 Å². The van der Waals surface area contributed by atoms with Crippen LogP contribution in [-0.4, -0.2) is 30.9 Å². The minimum Gasteiger partial charge on any atom is -0.465 e. The van der Waals surface area contributed by atoms with Crippen molar-refractivity contribution in [1.29, 1.82) is 0 Å². The SMILES string of the molecule is COC(=O)c1cccc(NC(=O)C2(C(=O)NC3CCCCC3)CC2)c1. The van der Waals surface area contributed by atoms with Crippen LogP contribution in [0.1, 0.15) is 55.3 Å². The summed E-state index contributed by atoms with van der Waals surface area (Å²) in [7, 11) is 1.31. The van der Waals surface area contributed by atoms with Crippen molar-refractivity contribution in [2.75, 3.05) is 12.4 Å². The number of hydrogen-bond acceptors (Lipinski definition) is 4. The van der Waals surface area contributed by atoms with Crippen molar-refractivity contribution in [3.63, 3.8) is 0 Å². The number of ether oxygens (including phenoxy) is 1. The minimum atomic E-state index is -0.960. The van der Waals surface area contributed by atoms with Gasteiger partial charge in [-0.3, -0.25) is 9.59 Å². The van der Waals surface area contributed by atoms with Crippen LogP contribution in [0.15, 0.2) is 24.3 Å². The van der Waals surface area contributed by atoms with Crippen molar-refractivity contribution in [2.24, 2.45) is 5.41 Å². The standard InChI is InChI=1S/C19H24N2O4/c1-25-16(22)13-6-5-9-15(12-13)21-18(24)19(10-11-19)17(23)20-14-7-3-2-4-8-14/h5-6,9,12,14H,2-4,7-8,10-11H2,1H3,(H,20,23)(H,21,24). The number of hydrogen-bond donors (Lipinski definition) is 2. The summed E-state index contributed by atoms with van der Waals surface area (Å²) in [6.45, 7) is 0. The van der Waals surface area contributed by atoms with E-state index in [1.807, 2.05) is 0 Å². The lowest BCUT2D eigenvalue weighted by atomic mass is 9.94. The fourth-order valence-corrected chi connectivity index (χ4v) is 3.35. The first-order valence-electron chi connectivity index (χ1n) is 8.86. The molecule has 0 aliphatic heterocycles. The Kier molecular flexibility index (Phi) is 5.06. The Balaban J connectivity index is 1.64. The van der Waals surface area contributed by atoms with Crippen molar-refractivity contribution in [2.45, 2.75) is 51.0 Å². The molecule has 0 radical (unpaired) electrons. The number of methoxy groups -OCH3 is 1. The van der Waals surface area contributed by atoms with Crippen LogP contribution in [0.5, 0.6) is 0 Å². The molecule has 2 aliphatic carbocycles. The summed E-state index contributed by atoms with van der Waals surface area (Å²) in [5.74, 6) is -0.934. The summed E-state index contributed by atoms with van der Waals surface area (Å²) >= 11 is 0. The average Bonchev–Trinajstić information content (AvgIpc) is 3.44. The fraction of sp³-hybridized carbons (Fsp3) is 0.526. The average molecular weight is 344 g/mol. The van der Waals surface area contributed by atoms with Crippen LogP contribution in [-0.2, 0) is 14.3 Å². The summed E-state index contributed by atoms with van der Waals surface area (Å²) < 4.78 is 4.68. The zero-order valence-corrected chi connectivity index (χ0v) is 14.5. The van der Waals surface area contributed by atoms with Crippen LogP contribution in [0.25, 0.3) is 0 Å². The van der Waals surface area contributed by atoms with Gasteiger partial charge in [0.15, 0.2) is 0 Å². The van der Waals surface area contributed by atoms with Gasteiger partial charge in [0, 0.05) is 11.7 Å². The Morgan fingerprint density at radius 1 is 1.08 bits per heavy atom. The Bertz CT molecular complexity index is 676. The van der Waals surface area contributed by atoms with Crippen molar-refractivity contribution in [3.05, 3.63) is 29.8 Å². The molecule has 2 saturated carbocycles. The van der Waals surface area contributed by atoms with Gasteiger partial charge < -0.3 is 15.4 Å². The van der Waals surface area contributed by atoms with Gasteiger partial charge in [-0.1, -0.05) is 25.3 Å². The van der Waals surface area contributed by atoms with E-state index in [2.05, 4.69) is 15.4 Å². The predicted octanol–water partition coefficient (Wildman–Crippen LogP) is 2.64. The van der Waals surface area contributed by atoms with E-state index in [9.17, 15) is 14.4 Å². The lowest BCUT2D eigenvalue weighted by Crippen LogP contribution is -2.45. The molecule has 1 aromatic rings. The first kappa shape index (κ1) is 17.5. The van der Waals surface area contributed by atoms with Crippen LogP contribution in [0.2, 0.25) is 0 Å². The molecule has 0 saturated heterocycles. The van der Waals surface area contributed by atoms with Crippen LogP contribution in [0.4, 0.5) is 5.69 Å². The lowest BCUT2D eigenvalue weighted by molar-refractivity contribution is -0.135. The lowest BCUT2D eigenvalue weighted by Gasteiger charge is -2.25. The molecule has 3 rings (SSSR count). The van der Waals surface area contributed by atoms with E-state index in [0.717, 1.165) is 25.7 Å². The highest BCUT2D eigenvalue weighted by molar-refractivity contribution is 6.13. The van der Waals surface area contributed by atoms with Crippen LogP contribution in [0.3, 0.4) is 0 Å². The molecular weight excluding hydrogens is 320 g/mol. The molecule has 2 fully saturated rings. The Labute approximate surface area is 147 Å². The summed E-state index contributed by atoms with van der Waals surface area (Å²) in [5.41, 5.74) is -0.111. The first-order chi connectivity index (χ1) is 12.0. The third-order valence-corrected chi connectivity index (χ3v) is 5.10. The Morgan fingerprint density at radius 3 is 2.44 bits per heavy atom. The third-order valence-electron chi connectivity index (χ3n) is 5.10. The third kappa shape index (κ3) is 3.83. The molecule has 134 valence electrons. The van der Waals surface area contributed by atoms with Gasteiger partial charge in [-0.15, -0.1) is 0 Å². The number of carbonyl (C=O) groups excluding carboxylic acids is 3.